The summed E-state index contributed by atoms with van der Waals surface area (Å²) in [5.41, 5.74) is 5.03. The van der Waals surface area contributed by atoms with E-state index in [2.05, 4.69) is 31.0 Å². The molecule has 7 rings (SSSR count). The molecule has 4 aromatic heterocycles. The molecule has 13 heteroatoms. The Balaban J connectivity index is 1.20. The van der Waals surface area contributed by atoms with E-state index in [-0.39, 0.29) is 28.4 Å². The number of benzene rings is 1. The summed E-state index contributed by atoms with van der Waals surface area (Å²) in [7, 11) is 1.79. The highest BCUT2D eigenvalue weighted by molar-refractivity contribution is 7.97. The smallest absolute Gasteiger partial charge is 0.281 e. The molecule has 1 saturated heterocycles. The summed E-state index contributed by atoms with van der Waals surface area (Å²) in [6.07, 6.45) is 5.47. The Morgan fingerprint density at radius 3 is 2.70 bits per heavy atom. The molecule has 0 radical (unpaired) electrons. The minimum absolute atomic E-state index is 0.0890. The van der Waals surface area contributed by atoms with Crippen molar-refractivity contribution >= 4 is 57.6 Å². The van der Waals surface area contributed by atoms with Crippen molar-refractivity contribution in [3.05, 3.63) is 86.8 Å². The lowest BCUT2D eigenvalue weighted by atomic mass is 10.0. The molecule has 3 atom stereocenters. The highest BCUT2D eigenvalue weighted by Crippen LogP contribution is 2.58. The molecule has 0 spiro atoms. The SMILES string of the molecule is CSNC(=O)c1nc(Cl)ccc1NC(C)c1cc(C)cc2c(=O)n(C)c(N3CC4C(C3)C4c3cc4ncccn4n3)nc12. The van der Waals surface area contributed by atoms with Gasteiger partial charge in [0.2, 0.25) is 5.95 Å². The standard InChI is InChI=1S/C30H30ClN9O2S/c1-15-10-17(16(2)33-21-6-7-23(31)34-27(21)28(41)37-43-4)26-18(11-15)29(42)38(3)30(35-26)39-13-19-20(14-39)25(19)22-12-24-32-8-5-9-40(24)36-22/h5-12,16,19-20,25,33H,13-14H2,1-4H3,(H,37,41). The van der Waals surface area contributed by atoms with Crippen molar-refractivity contribution in [3.63, 3.8) is 0 Å². The summed E-state index contributed by atoms with van der Waals surface area (Å²) in [6.45, 7) is 5.56. The Hall–Kier alpha value is -4.16. The number of carbonyl (C=O) groups excluding carboxylic acids is 1. The van der Waals surface area contributed by atoms with Gasteiger partial charge in [-0.15, -0.1) is 0 Å². The van der Waals surface area contributed by atoms with Crippen molar-refractivity contribution < 1.29 is 4.79 Å². The van der Waals surface area contributed by atoms with Crippen LogP contribution in [0, 0.1) is 18.8 Å². The van der Waals surface area contributed by atoms with Crippen LogP contribution < -0.4 is 20.5 Å². The molecule has 5 aromatic rings. The van der Waals surface area contributed by atoms with Crippen LogP contribution in [0.2, 0.25) is 5.15 Å². The average molecular weight is 616 g/mol. The third kappa shape index (κ3) is 4.78. The van der Waals surface area contributed by atoms with Crippen LogP contribution in [0.4, 0.5) is 11.6 Å². The number of carbonyl (C=O) groups is 1. The number of nitrogens with one attached hydrogen (secondary N) is 2. The summed E-state index contributed by atoms with van der Waals surface area (Å²) in [5, 5.41) is 8.96. The van der Waals surface area contributed by atoms with E-state index < -0.39 is 0 Å². The van der Waals surface area contributed by atoms with E-state index in [1.54, 1.807) is 36.2 Å². The maximum Gasteiger partial charge on any atom is 0.281 e. The highest BCUT2D eigenvalue weighted by Gasteiger charge is 2.58. The Labute approximate surface area is 256 Å². The number of anilines is 2. The summed E-state index contributed by atoms with van der Waals surface area (Å²) < 4.78 is 6.19. The van der Waals surface area contributed by atoms with Gasteiger partial charge in [-0.3, -0.25) is 18.9 Å². The average Bonchev–Trinajstić information content (AvgIpc) is 3.30. The van der Waals surface area contributed by atoms with E-state index in [1.165, 1.54) is 11.9 Å². The van der Waals surface area contributed by atoms with Gasteiger partial charge in [0.1, 0.15) is 5.15 Å². The van der Waals surface area contributed by atoms with E-state index in [4.69, 9.17) is 21.7 Å². The molecule has 1 amide bonds. The van der Waals surface area contributed by atoms with Gasteiger partial charge in [0.25, 0.3) is 11.5 Å². The number of nitrogens with zero attached hydrogens (tertiary/aromatic N) is 7. The number of fused-ring (bicyclic) bond motifs is 3. The number of pyridine rings is 1. The first-order chi connectivity index (χ1) is 20.7. The molecule has 2 fully saturated rings. The van der Waals surface area contributed by atoms with Crippen LogP contribution in [0.25, 0.3) is 16.6 Å². The highest BCUT2D eigenvalue weighted by atomic mass is 35.5. The van der Waals surface area contributed by atoms with Crippen LogP contribution in [0.1, 0.15) is 46.2 Å². The van der Waals surface area contributed by atoms with Crippen molar-refractivity contribution in [3.8, 4) is 0 Å². The quantitative estimate of drug-likeness (QED) is 0.203. The predicted molar refractivity (Wildman–Crippen MR) is 169 cm³/mol. The van der Waals surface area contributed by atoms with Crippen molar-refractivity contribution in [2.45, 2.75) is 25.8 Å². The first-order valence-corrected chi connectivity index (χ1v) is 15.7. The van der Waals surface area contributed by atoms with Gasteiger partial charge >= 0.3 is 0 Å². The van der Waals surface area contributed by atoms with Crippen molar-refractivity contribution in [2.75, 3.05) is 29.6 Å². The maximum atomic E-state index is 13.7. The molecule has 220 valence electrons. The van der Waals surface area contributed by atoms with Gasteiger partial charge in [-0.05, 0) is 55.5 Å². The van der Waals surface area contributed by atoms with Gasteiger partial charge in [0.15, 0.2) is 11.3 Å². The summed E-state index contributed by atoms with van der Waals surface area (Å²) >= 11 is 7.30. The number of hydrogen-bond acceptors (Lipinski definition) is 9. The van der Waals surface area contributed by atoms with Crippen molar-refractivity contribution in [1.29, 1.82) is 0 Å². The van der Waals surface area contributed by atoms with Gasteiger partial charge in [0, 0.05) is 56.3 Å². The molecule has 3 unspecified atom stereocenters. The number of rotatable bonds is 7. The molecule has 11 nitrogen and oxygen atoms in total. The second kappa shape index (κ2) is 10.5. The van der Waals surface area contributed by atoms with Gasteiger partial charge < -0.3 is 10.2 Å². The molecular formula is C30H30ClN9O2S. The van der Waals surface area contributed by atoms with Crippen molar-refractivity contribution in [1.82, 2.24) is 33.9 Å². The monoisotopic (exact) mass is 615 g/mol. The molecule has 1 aromatic carbocycles. The van der Waals surface area contributed by atoms with E-state index in [0.29, 0.717) is 40.3 Å². The molecule has 1 aliphatic carbocycles. The predicted octanol–water partition coefficient (Wildman–Crippen LogP) is 4.36. The lowest BCUT2D eigenvalue weighted by Gasteiger charge is -2.25. The first kappa shape index (κ1) is 27.7. The number of halogens is 1. The van der Waals surface area contributed by atoms with E-state index in [0.717, 1.165) is 35.6 Å². The fourth-order valence-electron chi connectivity index (χ4n) is 6.47. The fourth-order valence-corrected chi connectivity index (χ4v) is 6.90. The lowest BCUT2D eigenvalue weighted by molar-refractivity contribution is 0.0980. The van der Waals surface area contributed by atoms with Crippen LogP contribution in [-0.2, 0) is 7.05 Å². The number of piperidine rings is 1. The van der Waals surface area contributed by atoms with Crippen LogP contribution in [-0.4, -0.2) is 54.4 Å². The Bertz CT molecular complexity index is 1930. The summed E-state index contributed by atoms with van der Waals surface area (Å²) in [6, 6.07) is 11.0. The molecule has 2 aliphatic rings. The van der Waals surface area contributed by atoms with Gasteiger partial charge in [0.05, 0.1) is 28.3 Å². The summed E-state index contributed by atoms with van der Waals surface area (Å²) in [5.74, 6) is 1.62. The Morgan fingerprint density at radius 1 is 1.16 bits per heavy atom. The number of amides is 1. The van der Waals surface area contributed by atoms with Crippen molar-refractivity contribution in [2.24, 2.45) is 18.9 Å². The first-order valence-electron chi connectivity index (χ1n) is 14.1. The fraction of sp³-hybridized carbons (Fsp3) is 0.333. The van der Waals surface area contributed by atoms with E-state index in [9.17, 15) is 9.59 Å². The molecule has 1 saturated carbocycles. The number of aromatic nitrogens is 6. The minimum Gasteiger partial charge on any atom is -0.377 e. The van der Waals surface area contributed by atoms with E-state index >= 15 is 0 Å². The second-order valence-electron chi connectivity index (χ2n) is 11.3. The van der Waals surface area contributed by atoms with Gasteiger partial charge in [-0.25, -0.2) is 19.5 Å². The van der Waals surface area contributed by atoms with Gasteiger partial charge in [-0.2, -0.15) is 5.10 Å². The lowest BCUT2D eigenvalue weighted by Crippen LogP contribution is -2.32. The van der Waals surface area contributed by atoms with E-state index in [1.807, 2.05) is 42.8 Å². The van der Waals surface area contributed by atoms with Crippen LogP contribution >= 0.6 is 23.5 Å². The van der Waals surface area contributed by atoms with Crippen LogP contribution in [0.15, 0.2) is 53.6 Å². The molecule has 0 bridgehead atoms. The molecule has 43 heavy (non-hydrogen) atoms. The molecule has 2 N–H and O–H groups in total. The molecule has 1 aliphatic heterocycles. The summed E-state index contributed by atoms with van der Waals surface area (Å²) in [4.78, 5) is 42.4. The molecular weight excluding hydrogens is 586 g/mol. The third-order valence-corrected chi connectivity index (χ3v) is 9.11. The third-order valence-electron chi connectivity index (χ3n) is 8.51. The number of hydrogen-bond donors (Lipinski definition) is 2. The zero-order chi connectivity index (χ0) is 30.0. The zero-order valence-electron chi connectivity index (χ0n) is 24.1. The van der Waals surface area contributed by atoms with Crippen LogP contribution in [0.5, 0.6) is 0 Å². The minimum atomic E-state index is -0.348. The number of aryl methyl sites for hydroxylation is 1. The van der Waals surface area contributed by atoms with Crippen LogP contribution in [0.3, 0.4) is 0 Å². The zero-order valence-corrected chi connectivity index (χ0v) is 25.6. The maximum absolute atomic E-state index is 13.7. The topological polar surface area (TPSA) is 122 Å². The van der Waals surface area contributed by atoms with Gasteiger partial charge in [-0.1, -0.05) is 29.6 Å². The Morgan fingerprint density at radius 2 is 1.95 bits per heavy atom. The second-order valence-corrected chi connectivity index (χ2v) is 12.3. The largest absolute Gasteiger partial charge is 0.377 e. The Kier molecular flexibility index (Phi) is 6.77. The molecule has 5 heterocycles. The normalized spacial score (nSPS) is 19.9.